The molecule has 1 heterocycles. The van der Waals surface area contributed by atoms with Crippen LogP contribution in [0.4, 0.5) is 14.5 Å². The average Bonchev–Trinajstić information content (AvgIpc) is 2.60. The number of rotatable bonds is 4. The Balaban J connectivity index is 1.74. The molecule has 26 heavy (non-hydrogen) atoms. The maximum Gasteiger partial charge on any atom is 0.365 e. The van der Waals surface area contributed by atoms with Gasteiger partial charge in [0.1, 0.15) is 18.2 Å². The second kappa shape index (κ2) is 7.22. The molecule has 0 aliphatic rings. The van der Waals surface area contributed by atoms with Crippen LogP contribution in [0.5, 0.6) is 0 Å². The molecule has 0 radical (unpaired) electrons. The van der Waals surface area contributed by atoms with Gasteiger partial charge in [-0.25, -0.2) is 18.3 Å². The van der Waals surface area contributed by atoms with E-state index in [0.29, 0.717) is 11.8 Å². The van der Waals surface area contributed by atoms with Crippen LogP contribution < -0.4 is 11.0 Å². The molecule has 0 saturated carbocycles. The first-order valence-corrected chi connectivity index (χ1v) is 7.68. The predicted octanol–water partition coefficient (Wildman–Crippen LogP) is 2.53. The van der Waals surface area contributed by atoms with E-state index in [1.165, 1.54) is 6.20 Å². The fraction of sp³-hybridized carbons (Fsp3) is 0.111. The van der Waals surface area contributed by atoms with Crippen LogP contribution in [-0.4, -0.2) is 20.7 Å². The highest BCUT2D eigenvalue weighted by Gasteiger charge is 2.11. The fourth-order valence-corrected chi connectivity index (χ4v) is 2.25. The number of amides is 1. The lowest BCUT2D eigenvalue weighted by Crippen LogP contribution is -2.31. The molecular weight excluding hydrogens is 342 g/mol. The first-order chi connectivity index (χ1) is 12.4. The summed E-state index contributed by atoms with van der Waals surface area (Å²) >= 11 is 0. The Hall–Kier alpha value is -3.42. The molecule has 3 rings (SSSR count). The molecule has 1 N–H and O–H groups in total. The minimum Gasteiger partial charge on any atom is -0.322 e. The number of nitrogens with one attached hydrogen (secondary N) is 1. The molecule has 0 aliphatic carbocycles. The maximum atomic E-state index is 13.5. The van der Waals surface area contributed by atoms with E-state index in [4.69, 9.17) is 0 Å². The third-order valence-electron chi connectivity index (χ3n) is 3.60. The first kappa shape index (κ1) is 17.4. The van der Waals surface area contributed by atoms with Crippen LogP contribution >= 0.6 is 0 Å². The zero-order valence-corrected chi connectivity index (χ0v) is 13.7. The highest BCUT2D eigenvalue weighted by molar-refractivity contribution is 5.90. The molecule has 0 fully saturated rings. The summed E-state index contributed by atoms with van der Waals surface area (Å²) in [5.41, 5.74) is 1.28. The van der Waals surface area contributed by atoms with Crippen molar-refractivity contribution in [1.82, 2.24) is 14.8 Å². The number of halogens is 2. The van der Waals surface area contributed by atoms with E-state index < -0.39 is 29.8 Å². The number of aryl methyl sites for hydroxylation is 1. The zero-order valence-electron chi connectivity index (χ0n) is 13.7. The van der Waals surface area contributed by atoms with Gasteiger partial charge in [0.2, 0.25) is 5.91 Å². The quantitative estimate of drug-likeness (QED) is 0.779. The van der Waals surface area contributed by atoms with E-state index in [0.717, 1.165) is 27.9 Å². The molecule has 0 atom stereocenters. The number of aromatic nitrogens is 3. The van der Waals surface area contributed by atoms with Crippen molar-refractivity contribution < 1.29 is 13.6 Å². The van der Waals surface area contributed by atoms with Gasteiger partial charge in [0.05, 0.1) is 17.6 Å². The molecule has 0 aliphatic heterocycles. The van der Waals surface area contributed by atoms with E-state index in [9.17, 15) is 18.4 Å². The van der Waals surface area contributed by atoms with Crippen molar-refractivity contribution in [3.8, 4) is 11.3 Å². The number of benzene rings is 2. The van der Waals surface area contributed by atoms with Gasteiger partial charge in [0, 0.05) is 11.6 Å². The highest BCUT2D eigenvalue weighted by atomic mass is 19.1. The Morgan fingerprint density at radius 1 is 1.15 bits per heavy atom. The summed E-state index contributed by atoms with van der Waals surface area (Å²) in [6.07, 6.45) is 1.37. The Kier molecular flexibility index (Phi) is 4.83. The zero-order chi connectivity index (χ0) is 18.7. The van der Waals surface area contributed by atoms with Gasteiger partial charge in [-0.3, -0.25) is 4.79 Å². The molecule has 0 saturated heterocycles. The predicted molar refractivity (Wildman–Crippen MR) is 91.5 cm³/mol. The van der Waals surface area contributed by atoms with Gasteiger partial charge in [-0.2, -0.15) is 10.1 Å². The minimum absolute atomic E-state index is 0.186. The normalized spacial score (nSPS) is 10.6. The Morgan fingerprint density at radius 3 is 2.54 bits per heavy atom. The lowest BCUT2D eigenvalue weighted by molar-refractivity contribution is -0.117. The number of carbonyl (C=O) groups excluding carboxylic acids is 1. The van der Waals surface area contributed by atoms with Crippen LogP contribution in [0, 0.1) is 18.6 Å². The molecule has 1 amide bonds. The smallest absolute Gasteiger partial charge is 0.322 e. The van der Waals surface area contributed by atoms with Gasteiger partial charge in [-0.15, -0.1) is 0 Å². The Labute approximate surface area is 147 Å². The second-order valence-electron chi connectivity index (χ2n) is 5.62. The van der Waals surface area contributed by atoms with Gasteiger partial charge in [0.15, 0.2) is 0 Å². The monoisotopic (exact) mass is 356 g/mol. The van der Waals surface area contributed by atoms with Crippen molar-refractivity contribution in [1.29, 1.82) is 0 Å². The van der Waals surface area contributed by atoms with Crippen LogP contribution in [0.2, 0.25) is 0 Å². The average molecular weight is 356 g/mol. The van der Waals surface area contributed by atoms with E-state index >= 15 is 0 Å². The summed E-state index contributed by atoms with van der Waals surface area (Å²) in [7, 11) is 0. The summed E-state index contributed by atoms with van der Waals surface area (Å²) in [4.78, 5) is 27.9. The Morgan fingerprint density at radius 2 is 1.88 bits per heavy atom. The van der Waals surface area contributed by atoms with E-state index in [-0.39, 0.29) is 5.69 Å². The van der Waals surface area contributed by atoms with Gasteiger partial charge >= 0.3 is 5.69 Å². The van der Waals surface area contributed by atoms with E-state index in [1.54, 1.807) is 0 Å². The van der Waals surface area contributed by atoms with Crippen molar-refractivity contribution in [2.75, 3.05) is 5.32 Å². The molecule has 132 valence electrons. The van der Waals surface area contributed by atoms with Gasteiger partial charge < -0.3 is 5.32 Å². The molecule has 3 aromatic rings. The van der Waals surface area contributed by atoms with Crippen LogP contribution in [0.1, 0.15) is 5.56 Å². The largest absolute Gasteiger partial charge is 0.365 e. The minimum atomic E-state index is -0.911. The summed E-state index contributed by atoms with van der Waals surface area (Å²) in [5.74, 6) is -2.35. The van der Waals surface area contributed by atoms with E-state index in [1.807, 2.05) is 31.2 Å². The van der Waals surface area contributed by atoms with Crippen LogP contribution in [0.25, 0.3) is 11.3 Å². The molecule has 8 heteroatoms. The van der Waals surface area contributed by atoms with Crippen LogP contribution in [-0.2, 0) is 11.3 Å². The van der Waals surface area contributed by atoms with Crippen LogP contribution in [0.15, 0.2) is 53.5 Å². The molecule has 1 aromatic heterocycles. The molecule has 0 unspecified atom stereocenters. The van der Waals surface area contributed by atoms with Crippen molar-refractivity contribution in [3.63, 3.8) is 0 Å². The van der Waals surface area contributed by atoms with Crippen LogP contribution in [0.3, 0.4) is 0 Å². The van der Waals surface area contributed by atoms with Crippen molar-refractivity contribution >= 4 is 11.6 Å². The molecular formula is C18H14F2N4O2. The third-order valence-corrected chi connectivity index (χ3v) is 3.60. The topological polar surface area (TPSA) is 76.9 Å². The lowest BCUT2D eigenvalue weighted by Gasteiger charge is -2.08. The van der Waals surface area contributed by atoms with Gasteiger partial charge in [0.25, 0.3) is 0 Å². The number of hydrogen-bond acceptors (Lipinski definition) is 4. The summed E-state index contributed by atoms with van der Waals surface area (Å²) < 4.78 is 27.3. The number of nitrogens with zero attached hydrogens (tertiary/aromatic N) is 3. The molecule has 0 spiro atoms. The number of carbonyl (C=O) groups is 1. The van der Waals surface area contributed by atoms with Crippen molar-refractivity contribution in [2.45, 2.75) is 13.5 Å². The lowest BCUT2D eigenvalue weighted by atomic mass is 10.1. The van der Waals surface area contributed by atoms with E-state index in [2.05, 4.69) is 15.4 Å². The Bertz CT molecular complexity index is 1020. The number of hydrogen-bond donors (Lipinski definition) is 1. The summed E-state index contributed by atoms with van der Waals surface area (Å²) in [6, 6.07) is 10.2. The molecule has 6 nitrogen and oxygen atoms in total. The molecule has 0 bridgehead atoms. The van der Waals surface area contributed by atoms with Crippen molar-refractivity contribution in [2.24, 2.45) is 0 Å². The summed E-state index contributed by atoms with van der Waals surface area (Å²) in [5, 5.41) is 6.18. The van der Waals surface area contributed by atoms with Gasteiger partial charge in [-0.05, 0) is 19.1 Å². The number of anilines is 1. The third kappa shape index (κ3) is 3.97. The standard InChI is InChI=1S/C18H14F2N4O2/c1-11-2-4-12(5-3-11)16-9-21-24(18(26)23-16)10-17(25)22-15-7-6-13(19)8-14(15)20/h2-9H,10H2,1H3,(H,22,25). The second-order valence-corrected chi connectivity index (χ2v) is 5.62. The summed E-state index contributed by atoms with van der Waals surface area (Å²) in [6.45, 7) is 1.49. The van der Waals surface area contributed by atoms with Crippen molar-refractivity contribution in [3.05, 3.63) is 76.3 Å². The SMILES string of the molecule is Cc1ccc(-c2cnn(CC(=O)Nc3ccc(F)cc3F)c(=O)n2)cc1. The first-order valence-electron chi connectivity index (χ1n) is 7.68. The van der Waals surface area contributed by atoms with Gasteiger partial charge in [-0.1, -0.05) is 29.8 Å². The highest BCUT2D eigenvalue weighted by Crippen LogP contribution is 2.16. The fourth-order valence-electron chi connectivity index (χ4n) is 2.25. The maximum absolute atomic E-state index is 13.5. The molecule has 2 aromatic carbocycles.